The van der Waals surface area contributed by atoms with Crippen LogP contribution in [0.2, 0.25) is 10.0 Å². The molecule has 2 aromatic rings. The van der Waals surface area contributed by atoms with Crippen molar-refractivity contribution in [1.29, 1.82) is 0 Å². The summed E-state index contributed by atoms with van der Waals surface area (Å²) in [5, 5.41) is 1.51. The molecule has 0 aliphatic heterocycles. The van der Waals surface area contributed by atoms with Crippen LogP contribution in [0.4, 0.5) is 0 Å². The second-order valence-electron chi connectivity index (χ2n) is 4.46. The highest BCUT2D eigenvalue weighted by molar-refractivity contribution is 14.1. The molecule has 0 fully saturated rings. The molecule has 20 heavy (non-hydrogen) atoms. The van der Waals surface area contributed by atoms with Gasteiger partial charge < -0.3 is 4.74 Å². The Morgan fingerprint density at radius 1 is 1.15 bits per heavy atom. The minimum absolute atomic E-state index is 0.00284. The molecule has 0 saturated heterocycles. The smallest absolute Gasteiger partial charge is 0.123 e. The molecule has 0 N–H and O–H groups in total. The largest absolute Gasteiger partial charge is 0.486 e. The van der Waals surface area contributed by atoms with Crippen LogP contribution < -0.4 is 4.74 Å². The number of benzene rings is 2. The average molecular weight is 421 g/mol. The van der Waals surface area contributed by atoms with E-state index in [9.17, 15) is 0 Å². The van der Waals surface area contributed by atoms with Crippen LogP contribution >= 0.6 is 45.8 Å². The number of hydrogen-bond acceptors (Lipinski definition) is 1. The zero-order valence-electron chi connectivity index (χ0n) is 11.1. The normalized spacial score (nSPS) is 12.2. The van der Waals surface area contributed by atoms with Crippen LogP contribution in [-0.2, 0) is 4.43 Å². The molecular formula is C16H15Cl2IO. The highest BCUT2D eigenvalue weighted by atomic mass is 127. The van der Waals surface area contributed by atoms with Gasteiger partial charge in [-0.2, -0.15) is 0 Å². The van der Waals surface area contributed by atoms with E-state index in [0.29, 0.717) is 0 Å². The maximum atomic E-state index is 6.13. The van der Waals surface area contributed by atoms with Crippen LogP contribution in [0.1, 0.15) is 30.6 Å². The summed E-state index contributed by atoms with van der Waals surface area (Å²) in [6, 6.07) is 13.6. The molecule has 1 unspecified atom stereocenters. The monoisotopic (exact) mass is 420 g/mol. The van der Waals surface area contributed by atoms with Crippen molar-refractivity contribution in [3.05, 3.63) is 63.6 Å². The first-order valence-electron chi connectivity index (χ1n) is 6.40. The van der Waals surface area contributed by atoms with E-state index in [4.69, 9.17) is 27.9 Å². The van der Waals surface area contributed by atoms with Crippen LogP contribution in [0.25, 0.3) is 0 Å². The van der Waals surface area contributed by atoms with E-state index in [2.05, 4.69) is 29.5 Å². The van der Waals surface area contributed by atoms with Gasteiger partial charge in [0.25, 0.3) is 0 Å². The second-order valence-corrected chi connectivity index (χ2v) is 6.06. The minimum Gasteiger partial charge on any atom is -0.486 e. The van der Waals surface area contributed by atoms with Crippen molar-refractivity contribution in [3.8, 4) is 5.75 Å². The predicted octanol–water partition coefficient (Wildman–Crippen LogP) is 6.46. The summed E-state index contributed by atoms with van der Waals surface area (Å²) < 4.78 is 6.94. The number of rotatable bonds is 5. The lowest BCUT2D eigenvalue weighted by Crippen LogP contribution is -2.06. The molecule has 106 valence electrons. The zero-order valence-corrected chi connectivity index (χ0v) is 14.7. The van der Waals surface area contributed by atoms with Gasteiger partial charge in [-0.15, -0.1) is 0 Å². The third-order valence-corrected chi connectivity index (χ3v) is 4.46. The van der Waals surface area contributed by atoms with E-state index >= 15 is 0 Å². The first-order chi connectivity index (χ1) is 9.63. The van der Waals surface area contributed by atoms with Gasteiger partial charge in [0.15, 0.2) is 0 Å². The Morgan fingerprint density at radius 2 is 1.95 bits per heavy atom. The van der Waals surface area contributed by atoms with E-state index in [0.717, 1.165) is 37.8 Å². The van der Waals surface area contributed by atoms with Crippen molar-refractivity contribution in [2.45, 2.75) is 23.9 Å². The molecule has 4 heteroatoms. The standard InChI is InChI=1S/C16H15Cl2IO/c1-2-16(11-4-3-5-13(17)8-11)20-14-6-7-15(18)12(9-14)10-19/h3-9,16H,2,10H2,1H3. The molecule has 0 aliphatic rings. The van der Waals surface area contributed by atoms with Gasteiger partial charge in [-0.05, 0) is 47.9 Å². The molecule has 0 aliphatic carbocycles. The molecule has 0 radical (unpaired) electrons. The van der Waals surface area contributed by atoms with Gasteiger partial charge in [-0.3, -0.25) is 0 Å². The van der Waals surface area contributed by atoms with Crippen molar-refractivity contribution in [1.82, 2.24) is 0 Å². The fourth-order valence-corrected chi connectivity index (χ4v) is 3.22. The maximum absolute atomic E-state index is 6.13. The number of halogens is 3. The highest BCUT2D eigenvalue weighted by Gasteiger charge is 2.12. The summed E-state index contributed by atoms with van der Waals surface area (Å²) in [6.45, 7) is 2.10. The third-order valence-electron chi connectivity index (χ3n) is 3.03. The Bertz CT molecular complexity index is 586. The van der Waals surface area contributed by atoms with Gasteiger partial charge in [0.05, 0.1) is 0 Å². The molecule has 0 aromatic heterocycles. The maximum Gasteiger partial charge on any atom is 0.123 e. The summed E-state index contributed by atoms with van der Waals surface area (Å²) >= 11 is 14.5. The second kappa shape index (κ2) is 7.53. The Morgan fingerprint density at radius 3 is 2.60 bits per heavy atom. The van der Waals surface area contributed by atoms with E-state index < -0.39 is 0 Å². The van der Waals surface area contributed by atoms with Gasteiger partial charge in [0.1, 0.15) is 11.9 Å². The molecular weight excluding hydrogens is 406 g/mol. The number of alkyl halides is 1. The van der Waals surface area contributed by atoms with Crippen LogP contribution in [-0.4, -0.2) is 0 Å². The zero-order chi connectivity index (χ0) is 14.5. The van der Waals surface area contributed by atoms with Gasteiger partial charge in [0, 0.05) is 14.5 Å². The van der Waals surface area contributed by atoms with Crippen molar-refractivity contribution >= 4 is 45.8 Å². The molecule has 0 bridgehead atoms. The Balaban J connectivity index is 2.22. The molecule has 2 aromatic carbocycles. The SMILES string of the molecule is CCC(Oc1ccc(Cl)c(CI)c1)c1cccc(Cl)c1. The summed E-state index contributed by atoms with van der Waals surface area (Å²) in [5.41, 5.74) is 2.18. The highest BCUT2D eigenvalue weighted by Crippen LogP contribution is 2.30. The third kappa shape index (κ3) is 4.03. The lowest BCUT2D eigenvalue weighted by molar-refractivity contribution is 0.201. The first-order valence-corrected chi connectivity index (χ1v) is 8.68. The van der Waals surface area contributed by atoms with Crippen LogP contribution in [0, 0.1) is 0 Å². The van der Waals surface area contributed by atoms with Crippen LogP contribution in [0.15, 0.2) is 42.5 Å². The van der Waals surface area contributed by atoms with Gasteiger partial charge in [-0.1, -0.05) is 64.8 Å². The molecule has 0 heterocycles. The van der Waals surface area contributed by atoms with Crippen molar-refractivity contribution in [2.75, 3.05) is 0 Å². The van der Waals surface area contributed by atoms with Gasteiger partial charge >= 0.3 is 0 Å². The number of hydrogen-bond donors (Lipinski definition) is 0. The Kier molecular flexibility index (Phi) is 6.00. The molecule has 0 spiro atoms. The van der Waals surface area contributed by atoms with Gasteiger partial charge in [-0.25, -0.2) is 0 Å². The van der Waals surface area contributed by atoms with Crippen LogP contribution in [0.5, 0.6) is 5.75 Å². The fourth-order valence-electron chi connectivity index (χ4n) is 1.99. The molecule has 0 amide bonds. The average Bonchev–Trinajstić information content (AvgIpc) is 2.46. The summed E-state index contributed by atoms with van der Waals surface area (Å²) in [7, 11) is 0. The van der Waals surface area contributed by atoms with Gasteiger partial charge in [0.2, 0.25) is 0 Å². The fraction of sp³-hybridized carbons (Fsp3) is 0.250. The van der Waals surface area contributed by atoms with E-state index in [-0.39, 0.29) is 6.10 Å². The Hall–Kier alpha value is -0.450. The Labute approximate surface area is 143 Å². The van der Waals surface area contributed by atoms with Crippen molar-refractivity contribution in [3.63, 3.8) is 0 Å². The lowest BCUT2D eigenvalue weighted by atomic mass is 10.1. The van der Waals surface area contributed by atoms with Crippen molar-refractivity contribution < 1.29 is 4.74 Å². The lowest BCUT2D eigenvalue weighted by Gasteiger charge is -2.19. The number of ether oxygens (including phenoxy) is 1. The van der Waals surface area contributed by atoms with E-state index in [1.807, 2.05) is 42.5 Å². The summed E-state index contributed by atoms with van der Waals surface area (Å²) in [4.78, 5) is 0. The minimum atomic E-state index is -0.00284. The summed E-state index contributed by atoms with van der Waals surface area (Å²) in [5.74, 6) is 0.841. The predicted molar refractivity (Wildman–Crippen MR) is 94.3 cm³/mol. The molecule has 1 atom stereocenters. The molecule has 1 nitrogen and oxygen atoms in total. The van der Waals surface area contributed by atoms with Crippen LogP contribution in [0.3, 0.4) is 0 Å². The van der Waals surface area contributed by atoms with E-state index in [1.165, 1.54) is 0 Å². The van der Waals surface area contributed by atoms with Crippen molar-refractivity contribution in [2.24, 2.45) is 0 Å². The van der Waals surface area contributed by atoms with E-state index in [1.54, 1.807) is 0 Å². The first kappa shape index (κ1) is 15.9. The molecule has 0 saturated carbocycles. The quantitative estimate of drug-likeness (QED) is 0.398. The summed E-state index contributed by atoms with van der Waals surface area (Å²) in [6.07, 6.45) is 0.875. The molecule has 2 rings (SSSR count). The topological polar surface area (TPSA) is 9.23 Å².